The zero-order valence-corrected chi connectivity index (χ0v) is 28.0. The molecule has 51 heavy (non-hydrogen) atoms. The summed E-state index contributed by atoms with van der Waals surface area (Å²) in [5.74, 6) is 2.18. The van der Waals surface area contributed by atoms with E-state index in [1.54, 1.807) is 0 Å². The fraction of sp³-hybridized carbons (Fsp3) is 0.0444. The second-order valence-electron chi connectivity index (χ2n) is 13.0. The Hall–Kier alpha value is -6.24. The lowest BCUT2D eigenvalue weighted by atomic mass is 9.90. The van der Waals surface area contributed by atoms with Gasteiger partial charge in [-0.3, -0.25) is 0 Å². The Morgan fingerprint density at radius 2 is 1.10 bits per heavy atom. The van der Waals surface area contributed by atoms with Crippen LogP contribution in [-0.4, -0.2) is 20.2 Å². The van der Waals surface area contributed by atoms with Gasteiger partial charge < -0.3 is 8.83 Å². The summed E-state index contributed by atoms with van der Waals surface area (Å²) in [6, 6.07) is 43.6. The third-order valence-electron chi connectivity index (χ3n) is 10.1. The molecule has 3 aromatic heterocycles. The number of nitrogens with zero attached hydrogens (tertiary/aromatic N) is 3. The highest BCUT2D eigenvalue weighted by molar-refractivity contribution is 8.00. The zero-order valence-electron chi connectivity index (χ0n) is 27.2. The maximum absolute atomic E-state index is 6.49. The van der Waals surface area contributed by atoms with E-state index >= 15 is 0 Å². The number of fused-ring (bicyclic) bond motifs is 9. The molecule has 9 aromatic rings. The first kappa shape index (κ1) is 28.6. The van der Waals surface area contributed by atoms with E-state index < -0.39 is 0 Å². The van der Waals surface area contributed by atoms with E-state index in [1.807, 2.05) is 84.6 Å². The van der Waals surface area contributed by atoms with Gasteiger partial charge in [-0.15, -0.1) is 11.8 Å². The van der Waals surface area contributed by atoms with Crippen molar-refractivity contribution >= 4 is 55.6 Å². The molecule has 2 aliphatic rings. The van der Waals surface area contributed by atoms with Crippen molar-refractivity contribution in [1.29, 1.82) is 0 Å². The van der Waals surface area contributed by atoms with Gasteiger partial charge in [0.15, 0.2) is 17.5 Å². The first-order valence-corrected chi connectivity index (χ1v) is 18.0. The van der Waals surface area contributed by atoms with Crippen molar-refractivity contribution < 1.29 is 8.83 Å². The molecule has 0 radical (unpaired) electrons. The standard InChI is InChI=1S/C45H27N3O2S/c1-2-11-26(12-3-1)43-46-44(32-17-9-20-37-40(32)31-14-4-6-19-35(31)49-37)48-45(47-43)33-18-10-21-38-41(33)34-25-27(23-24-36(34)50-38)28-15-8-16-30-29-13-5-7-22-39(29)51-42(28)30/h1-25,29,39H. The molecule has 5 nitrogen and oxygen atoms in total. The van der Waals surface area contributed by atoms with Gasteiger partial charge in [0, 0.05) is 54.3 Å². The molecule has 0 N–H and O–H groups in total. The Kier molecular flexibility index (Phi) is 6.24. The first-order valence-electron chi connectivity index (χ1n) is 17.1. The number of para-hydroxylation sites is 1. The average Bonchev–Trinajstić information content (AvgIpc) is 3.89. The molecule has 0 saturated heterocycles. The zero-order chi connectivity index (χ0) is 33.5. The predicted molar refractivity (Wildman–Crippen MR) is 207 cm³/mol. The highest BCUT2D eigenvalue weighted by Crippen LogP contribution is 2.52. The maximum Gasteiger partial charge on any atom is 0.164 e. The number of thioether (sulfide) groups is 1. The van der Waals surface area contributed by atoms with Gasteiger partial charge in [-0.25, -0.2) is 15.0 Å². The minimum atomic E-state index is 0.405. The minimum absolute atomic E-state index is 0.405. The van der Waals surface area contributed by atoms with E-state index in [4.69, 9.17) is 23.8 Å². The van der Waals surface area contributed by atoms with E-state index in [0.29, 0.717) is 28.6 Å². The van der Waals surface area contributed by atoms with Gasteiger partial charge in [0.2, 0.25) is 0 Å². The van der Waals surface area contributed by atoms with E-state index in [-0.39, 0.29) is 0 Å². The van der Waals surface area contributed by atoms with Crippen molar-refractivity contribution in [3.05, 3.63) is 157 Å². The van der Waals surface area contributed by atoms with Crippen LogP contribution in [-0.2, 0) is 0 Å². The molecule has 11 rings (SSSR count). The lowest BCUT2D eigenvalue weighted by Crippen LogP contribution is -2.06. The summed E-state index contributed by atoms with van der Waals surface area (Å²) in [5.41, 5.74) is 9.75. The highest BCUT2D eigenvalue weighted by atomic mass is 32.2. The third kappa shape index (κ3) is 4.46. The summed E-state index contributed by atoms with van der Waals surface area (Å²) in [6.07, 6.45) is 8.98. The van der Waals surface area contributed by atoms with Crippen LogP contribution in [0.4, 0.5) is 0 Å². The van der Waals surface area contributed by atoms with Gasteiger partial charge in [-0.2, -0.15) is 0 Å². The highest BCUT2D eigenvalue weighted by Gasteiger charge is 2.33. The normalized spacial score (nSPS) is 16.4. The van der Waals surface area contributed by atoms with Gasteiger partial charge >= 0.3 is 0 Å². The summed E-state index contributed by atoms with van der Waals surface area (Å²) >= 11 is 1.96. The number of allylic oxidation sites excluding steroid dienone is 3. The first-order chi connectivity index (χ1) is 25.3. The molecule has 0 amide bonds. The Bertz CT molecular complexity index is 2920. The quantitative estimate of drug-likeness (QED) is 0.185. The van der Waals surface area contributed by atoms with Crippen molar-refractivity contribution in [2.75, 3.05) is 0 Å². The van der Waals surface area contributed by atoms with E-state index in [1.165, 1.54) is 16.0 Å². The summed E-state index contributed by atoms with van der Waals surface area (Å²) in [6.45, 7) is 0. The number of hydrogen-bond acceptors (Lipinski definition) is 6. The Morgan fingerprint density at radius 1 is 0.471 bits per heavy atom. The van der Waals surface area contributed by atoms with Gasteiger partial charge in [-0.05, 0) is 47.0 Å². The molecular formula is C45H27N3O2S. The van der Waals surface area contributed by atoms with Crippen molar-refractivity contribution in [3.63, 3.8) is 0 Å². The molecule has 1 aliphatic carbocycles. The van der Waals surface area contributed by atoms with Gasteiger partial charge in [0.05, 0.1) is 0 Å². The molecule has 2 atom stereocenters. The largest absolute Gasteiger partial charge is 0.456 e. The molecule has 0 saturated carbocycles. The Balaban J connectivity index is 1.13. The average molecular weight is 674 g/mol. The third-order valence-corrected chi connectivity index (χ3v) is 11.5. The molecular weight excluding hydrogens is 647 g/mol. The van der Waals surface area contributed by atoms with Crippen LogP contribution in [0.5, 0.6) is 0 Å². The molecule has 2 unspecified atom stereocenters. The SMILES string of the molecule is C1=CC2Sc3c(-c4ccc5oc6cccc(-c7nc(-c8ccccc8)nc(-c8cccc9oc%10ccccc%10c89)n7)c6c5c4)cccc3C2C=C1. The lowest BCUT2D eigenvalue weighted by Gasteiger charge is -2.14. The van der Waals surface area contributed by atoms with Crippen molar-refractivity contribution in [2.24, 2.45) is 0 Å². The van der Waals surface area contributed by atoms with Gasteiger partial charge in [0.1, 0.15) is 22.3 Å². The van der Waals surface area contributed by atoms with E-state index in [0.717, 1.165) is 66.1 Å². The van der Waals surface area contributed by atoms with Crippen LogP contribution in [0.1, 0.15) is 11.5 Å². The van der Waals surface area contributed by atoms with Crippen LogP contribution < -0.4 is 0 Å². The summed E-state index contributed by atoms with van der Waals surface area (Å²) < 4.78 is 12.7. The number of furan rings is 2. The molecule has 1 aliphatic heterocycles. The fourth-order valence-corrected chi connectivity index (χ4v) is 9.25. The van der Waals surface area contributed by atoms with Crippen molar-refractivity contribution in [1.82, 2.24) is 15.0 Å². The van der Waals surface area contributed by atoms with Crippen LogP contribution >= 0.6 is 11.8 Å². The van der Waals surface area contributed by atoms with Crippen molar-refractivity contribution in [2.45, 2.75) is 16.1 Å². The molecule has 0 fully saturated rings. The van der Waals surface area contributed by atoms with Crippen LogP contribution in [0.2, 0.25) is 0 Å². The summed E-state index contributed by atoms with van der Waals surface area (Å²) in [5, 5.41) is 4.46. The summed E-state index contributed by atoms with van der Waals surface area (Å²) in [7, 11) is 0. The monoisotopic (exact) mass is 673 g/mol. The second-order valence-corrected chi connectivity index (χ2v) is 14.2. The lowest BCUT2D eigenvalue weighted by molar-refractivity contribution is 0.668. The second kappa shape index (κ2) is 11.1. The number of rotatable bonds is 4. The minimum Gasteiger partial charge on any atom is -0.456 e. The smallest absolute Gasteiger partial charge is 0.164 e. The van der Waals surface area contributed by atoms with Gasteiger partial charge in [0.25, 0.3) is 0 Å². The number of hydrogen-bond donors (Lipinski definition) is 0. The van der Waals surface area contributed by atoms with E-state index in [9.17, 15) is 0 Å². The van der Waals surface area contributed by atoms with Crippen LogP contribution in [0, 0.1) is 0 Å². The molecule has 4 heterocycles. The molecule has 0 bridgehead atoms. The molecule has 6 heteroatoms. The molecule has 240 valence electrons. The molecule has 6 aromatic carbocycles. The Labute approximate surface area is 297 Å². The van der Waals surface area contributed by atoms with Gasteiger partial charge in [-0.1, -0.05) is 121 Å². The maximum atomic E-state index is 6.49. The number of benzene rings is 6. The summed E-state index contributed by atoms with van der Waals surface area (Å²) in [4.78, 5) is 16.8. The number of aromatic nitrogens is 3. The van der Waals surface area contributed by atoms with Crippen LogP contribution in [0.15, 0.2) is 165 Å². The van der Waals surface area contributed by atoms with Crippen LogP contribution in [0.25, 0.3) is 89.2 Å². The van der Waals surface area contributed by atoms with Crippen molar-refractivity contribution in [3.8, 4) is 45.3 Å². The van der Waals surface area contributed by atoms with Crippen LogP contribution in [0.3, 0.4) is 0 Å². The molecule has 0 spiro atoms. The topological polar surface area (TPSA) is 65.0 Å². The fourth-order valence-electron chi connectivity index (χ4n) is 7.77. The predicted octanol–water partition coefficient (Wildman–Crippen LogP) is 12.0. The Morgan fingerprint density at radius 3 is 1.90 bits per heavy atom. The van der Waals surface area contributed by atoms with E-state index in [2.05, 4.69) is 78.9 Å².